The van der Waals surface area contributed by atoms with E-state index in [2.05, 4.69) is 5.10 Å². The number of carbonyl (C=O) groups is 2. The molecule has 2 aromatic carbocycles. The zero-order chi connectivity index (χ0) is 21.0. The molecule has 0 radical (unpaired) electrons. The van der Waals surface area contributed by atoms with Gasteiger partial charge in [-0.25, -0.2) is 9.48 Å². The van der Waals surface area contributed by atoms with Crippen molar-refractivity contribution >= 4 is 23.5 Å². The highest BCUT2D eigenvalue weighted by atomic mass is 35.5. The molecule has 1 aromatic heterocycles. The van der Waals surface area contributed by atoms with E-state index in [9.17, 15) is 9.59 Å². The highest BCUT2D eigenvalue weighted by Crippen LogP contribution is 2.17. The van der Waals surface area contributed by atoms with Crippen molar-refractivity contribution in [3.8, 4) is 5.69 Å². The van der Waals surface area contributed by atoms with Gasteiger partial charge in [0, 0.05) is 24.2 Å². The average molecular weight is 412 g/mol. The van der Waals surface area contributed by atoms with E-state index in [4.69, 9.17) is 16.3 Å². The van der Waals surface area contributed by atoms with Gasteiger partial charge in [0.25, 0.3) is 5.91 Å². The standard InChI is InChI=1S/C22H22ClN3O3/c1-4-29-22(28)20-13-24-26(15(20)2)19-11-7-17(8-12-19)21(27)25(3)14-16-5-9-18(23)10-6-16/h5-13H,4,14H2,1-3H3. The number of carbonyl (C=O) groups excluding carboxylic acids is 2. The Balaban J connectivity index is 1.73. The largest absolute Gasteiger partial charge is 0.462 e. The number of aromatic nitrogens is 2. The molecule has 1 heterocycles. The fourth-order valence-corrected chi connectivity index (χ4v) is 3.11. The molecule has 3 aromatic rings. The van der Waals surface area contributed by atoms with Crippen LogP contribution in [0.3, 0.4) is 0 Å². The second kappa shape index (κ2) is 8.92. The molecule has 3 rings (SSSR count). The highest BCUT2D eigenvalue weighted by Gasteiger charge is 2.17. The topological polar surface area (TPSA) is 64.4 Å². The number of hydrogen-bond acceptors (Lipinski definition) is 4. The molecular formula is C22H22ClN3O3. The van der Waals surface area contributed by atoms with Crippen molar-refractivity contribution in [3.05, 3.63) is 82.1 Å². The highest BCUT2D eigenvalue weighted by molar-refractivity contribution is 6.30. The van der Waals surface area contributed by atoms with Crippen LogP contribution in [0.4, 0.5) is 0 Å². The lowest BCUT2D eigenvalue weighted by Crippen LogP contribution is -2.26. The Bertz CT molecular complexity index is 1010. The van der Waals surface area contributed by atoms with Crippen LogP contribution in [0.5, 0.6) is 0 Å². The molecule has 0 saturated heterocycles. The van der Waals surface area contributed by atoms with Gasteiger partial charge in [-0.1, -0.05) is 23.7 Å². The Morgan fingerprint density at radius 1 is 1.10 bits per heavy atom. The number of rotatable bonds is 6. The molecule has 0 spiro atoms. The Morgan fingerprint density at radius 3 is 2.38 bits per heavy atom. The van der Waals surface area contributed by atoms with E-state index in [1.807, 2.05) is 12.1 Å². The van der Waals surface area contributed by atoms with Crippen LogP contribution >= 0.6 is 11.6 Å². The van der Waals surface area contributed by atoms with Crippen LogP contribution in [-0.4, -0.2) is 40.2 Å². The first kappa shape index (κ1) is 20.6. The average Bonchev–Trinajstić information content (AvgIpc) is 3.11. The van der Waals surface area contributed by atoms with Crippen molar-refractivity contribution in [2.75, 3.05) is 13.7 Å². The first-order valence-corrected chi connectivity index (χ1v) is 9.60. The summed E-state index contributed by atoms with van der Waals surface area (Å²) in [5.74, 6) is -0.484. The summed E-state index contributed by atoms with van der Waals surface area (Å²) in [4.78, 5) is 26.3. The van der Waals surface area contributed by atoms with Crippen LogP contribution in [0.1, 0.15) is 38.9 Å². The molecule has 0 fully saturated rings. The number of hydrogen-bond donors (Lipinski definition) is 0. The molecule has 0 saturated carbocycles. The van der Waals surface area contributed by atoms with Crippen LogP contribution in [0.15, 0.2) is 54.7 Å². The first-order chi connectivity index (χ1) is 13.9. The number of benzene rings is 2. The van der Waals surface area contributed by atoms with Gasteiger partial charge < -0.3 is 9.64 Å². The third kappa shape index (κ3) is 4.66. The van der Waals surface area contributed by atoms with Crippen LogP contribution in [0.2, 0.25) is 5.02 Å². The SMILES string of the molecule is CCOC(=O)c1cnn(-c2ccc(C(=O)N(C)Cc3ccc(Cl)cc3)cc2)c1C. The van der Waals surface area contributed by atoms with Gasteiger partial charge in [-0.15, -0.1) is 0 Å². The minimum atomic E-state index is -0.396. The van der Waals surface area contributed by atoms with E-state index < -0.39 is 5.97 Å². The Labute approximate surface area is 174 Å². The predicted molar refractivity (Wildman–Crippen MR) is 112 cm³/mol. The van der Waals surface area contributed by atoms with Gasteiger partial charge in [-0.2, -0.15) is 5.10 Å². The Kier molecular flexibility index (Phi) is 6.34. The first-order valence-electron chi connectivity index (χ1n) is 9.22. The normalized spacial score (nSPS) is 10.6. The number of halogens is 1. The zero-order valence-corrected chi connectivity index (χ0v) is 17.3. The molecule has 0 unspecified atom stereocenters. The van der Waals surface area contributed by atoms with Gasteiger partial charge in [-0.05, 0) is 55.8 Å². The fourth-order valence-electron chi connectivity index (χ4n) is 2.98. The van der Waals surface area contributed by atoms with E-state index in [0.717, 1.165) is 11.3 Å². The van der Waals surface area contributed by atoms with Crippen molar-refractivity contribution in [1.82, 2.24) is 14.7 Å². The van der Waals surface area contributed by atoms with Crippen molar-refractivity contribution in [3.63, 3.8) is 0 Å². The lowest BCUT2D eigenvalue weighted by atomic mass is 10.1. The van der Waals surface area contributed by atoms with Crippen LogP contribution < -0.4 is 0 Å². The molecule has 0 bridgehead atoms. The number of ether oxygens (including phenoxy) is 1. The van der Waals surface area contributed by atoms with Crippen LogP contribution in [-0.2, 0) is 11.3 Å². The maximum Gasteiger partial charge on any atom is 0.341 e. The summed E-state index contributed by atoms with van der Waals surface area (Å²) in [5, 5.41) is 4.94. The minimum absolute atomic E-state index is 0.0871. The molecular weight excluding hydrogens is 390 g/mol. The summed E-state index contributed by atoms with van der Waals surface area (Å²) in [6.45, 7) is 4.36. The number of esters is 1. The minimum Gasteiger partial charge on any atom is -0.462 e. The van der Waals surface area contributed by atoms with E-state index in [1.54, 1.807) is 66.9 Å². The molecule has 0 aliphatic carbocycles. The zero-order valence-electron chi connectivity index (χ0n) is 16.6. The smallest absolute Gasteiger partial charge is 0.341 e. The molecule has 1 amide bonds. The number of amides is 1. The lowest BCUT2D eigenvalue weighted by molar-refractivity contribution is 0.0525. The quantitative estimate of drug-likeness (QED) is 0.568. The molecule has 7 heteroatoms. The van der Waals surface area contributed by atoms with Crippen LogP contribution in [0.25, 0.3) is 5.69 Å². The molecule has 0 aliphatic heterocycles. The predicted octanol–water partition coefficient (Wildman–Crippen LogP) is 4.28. The molecule has 0 atom stereocenters. The van der Waals surface area contributed by atoms with Crippen molar-refractivity contribution in [1.29, 1.82) is 0 Å². The summed E-state index contributed by atoms with van der Waals surface area (Å²) >= 11 is 5.90. The maximum atomic E-state index is 12.7. The summed E-state index contributed by atoms with van der Waals surface area (Å²) in [6, 6.07) is 14.5. The van der Waals surface area contributed by atoms with E-state index in [0.29, 0.717) is 35.0 Å². The monoisotopic (exact) mass is 411 g/mol. The Morgan fingerprint density at radius 2 is 1.76 bits per heavy atom. The third-order valence-electron chi connectivity index (χ3n) is 4.54. The van der Waals surface area contributed by atoms with Crippen molar-refractivity contribution < 1.29 is 14.3 Å². The van der Waals surface area contributed by atoms with Gasteiger partial charge in [-0.3, -0.25) is 4.79 Å². The van der Waals surface area contributed by atoms with Gasteiger partial charge in [0.2, 0.25) is 0 Å². The summed E-state index contributed by atoms with van der Waals surface area (Å²) in [6.07, 6.45) is 1.49. The molecule has 0 N–H and O–H groups in total. The van der Waals surface area contributed by atoms with Gasteiger partial charge in [0.1, 0.15) is 5.56 Å². The summed E-state index contributed by atoms with van der Waals surface area (Å²) in [5.41, 5.74) is 3.44. The van der Waals surface area contributed by atoms with Gasteiger partial charge >= 0.3 is 5.97 Å². The van der Waals surface area contributed by atoms with Gasteiger partial charge in [0.15, 0.2) is 0 Å². The molecule has 29 heavy (non-hydrogen) atoms. The van der Waals surface area contributed by atoms with E-state index in [-0.39, 0.29) is 5.91 Å². The summed E-state index contributed by atoms with van der Waals surface area (Å²) in [7, 11) is 1.76. The number of nitrogens with zero attached hydrogens (tertiary/aromatic N) is 3. The van der Waals surface area contributed by atoms with Crippen LogP contribution in [0, 0.1) is 6.92 Å². The maximum absolute atomic E-state index is 12.7. The molecule has 6 nitrogen and oxygen atoms in total. The lowest BCUT2D eigenvalue weighted by Gasteiger charge is -2.17. The fraction of sp³-hybridized carbons (Fsp3) is 0.227. The summed E-state index contributed by atoms with van der Waals surface area (Å²) < 4.78 is 6.69. The van der Waals surface area contributed by atoms with Gasteiger partial charge in [0.05, 0.1) is 24.2 Å². The molecule has 150 valence electrons. The second-order valence-electron chi connectivity index (χ2n) is 6.61. The van der Waals surface area contributed by atoms with Crippen molar-refractivity contribution in [2.45, 2.75) is 20.4 Å². The second-order valence-corrected chi connectivity index (χ2v) is 7.05. The van der Waals surface area contributed by atoms with E-state index >= 15 is 0 Å². The van der Waals surface area contributed by atoms with E-state index in [1.165, 1.54) is 6.20 Å². The van der Waals surface area contributed by atoms with Crippen molar-refractivity contribution in [2.24, 2.45) is 0 Å². The molecule has 0 aliphatic rings. The Hall–Kier alpha value is -3.12. The third-order valence-corrected chi connectivity index (χ3v) is 4.80.